The molecule has 10 heavy (non-hydrogen) atoms. The molecule has 1 aliphatic rings. The van der Waals surface area contributed by atoms with Crippen LogP contribution in [-0.4, -0.2) is 0 Å². The largest absolute Gasteiger partial charge is 0.0822 e. The van der Waals surface area contributed by atoms with Crippen molar-refractivity contribution in [3.63, 3.8) is 0 Å². The van der Waals surface area contributed by atoms with Crippen LogP contribution in [0.4, 0.5) is 0 Å². The zero-order valence-corrected chi connectivity index (χ0v) is 7.35. The molecule has 0 aromatic rings. The monoisotopic (exact) mass is 138 g/mol. The molecular formula is C10H18. The first kappa shape index (κ1) is 7.84. The molecule has 0 spiro atoms. The Kier molecular flexibility index (Phi) is 2.53. The molecule has 0 aromatic carbocycles. The second-order valence-corrected chi connectivity index (χ2v) is 3.81. The zero-order valence-electron chi connectivity index (χ0n) is 7.35. The number of rotatable bonds is 1. The predicted molar refractivity (Wildman–Crippen MR) is 45.9 cm³/mol. The van der Waals surface area contributed by atoms with E-state index in [-0.39, 0.29) is 0 Å². The van der Waals surface area contributed by atoms with E-state index in [2.05, 4.69) is 26.8 Å². The summed E-state index contributed by atoms with van der Waals surface area (Å²) in [4.78, 5) is 0. The minimum atomic E-state index is 0.843. The van der Waals surface area contributed by atoms with Crippen LogP contribution in [0.1, 0.15) is 40.0 Å². The van der Waals surface area contributed by atoms with E-state index in [0.29, 0.717) is 0 Å². The Balaban J connectivity index is 2.53. The molecule has 0 fully saturated rings. The molecule has 0 aliphatic heterocycles. The summed E-state index contributed by atoms with van der Waals surface area (Å²) in [6.45, 7) is 6.90. The maximum Gasteiger partial charge on any atom is -0.0208 e. The first-order valence-corrected chi connectivity index (χ1v) is 4.37. The second kappa shape index (κ2) is 3.23. The van der Waals surface area contributed by atoms with Crippen LogP contribution >= 0.6 is 0 Å². The van der Waals surface area contributed by atoms with Gasteiger partial charge in [0.2, 0.25) is 0 Å². The highest BCUT2D eigenvalue weighted by Gasteiger charge is 2.13. The van der Waals surface area contributed by atoms with Gasteiger partial charge in [-0.3, -0.25) is 0 Å². The van der Waals surface area contributed by atoms with Gasteiger partial charge in [-0.2, -0.15) is 0 Å². The molecule has 0 N–H and O–H groups in total. The van der Waals surface area contributed by atoms with Gasteiger partial charge in [0.15, 0.2) is 0 Å². The first-order chi connectivity index (χ1) is 4.70. The van der Waals surface area contributed by atoms with Gasteiger partial charge in [-0.1, -0.05) is 25.5 Å². The average molecular weight is 138 g/mol. The van der Waals surface area contributed by atoms with E-state index < -0.39 is 0 Å². The SMILES string of the molecule is CC1=CC(C(C)C)CCC1. The van der Waals surface area contributed by atoms with E-state index in [4.69, 9.17) is 0 Å². The van der Waals surface area contributed by atoms with Crippen LogP contribution < -0.4 is 0 Å². The van der Waals surface area contributed by atoms with Gasteiger partial charge >= 0.3 is 0 Å². The number of allylic oxidation sites excluding steroid dienone is 2. The maximum atomic E-state index is 2.47. The average Bonchev–Trinajstić information content (AvgIpc) is 1.88. The summed E-state index contributed by atoms with van der Waals surface area (Å²) in [5.41, 5.74) is 1.60. The van der Waals surface area contributed by atoms with Crippen LogP contribution in [0.3, 0.4) is 0 Å². The van der Waals surface area contributed by atoms with Crippen LogP contribution in [0, 0.1) is 11.8 Å². The molecule has 0 radical (unpaired) electrons. The van der Waals surface area contributed by atoms with E-state index in [9.17, 15) is 0 Å². The molecule has 0 saturated heterocycles. The van der Waals surface area contributed by atoms with Crippen molar-refractivity contribution in [3.05, 3.63) is 11.6 Å². The van der Waals surface area contributed by atoms with Gasteiger partial charge in [0.05, 0.1) is 0 Å². The van der Waals surface area contributed by atoms with Crippen LogP contribution in [0.25, 0.3) is 0 Å². The lowest BCUT2D eigenvalue weighted by molar-refractivity contribution is 0.406. The minimum absolute atomic E-state index is 0.843. The van der Waals surface area contributed by atoms with Gasteiger partial charge in [0.1, 0.15) is 0 Å². The summed E-state index contributed by atoms with van der Waals surface area (Å²) >= 11 is 0. The van der Waals surface area contributed by atoms with Crippen molar-refractivity contribution in [2.24, 2.45) is 11.8 Å². The highest BCUT2D eigenvalue weighted by Crippen LogP contribution is 2.27. The van der Waals surface area contributed by atoms with E-state index in [1.165, 1.54) is 19.3 Å². The maximum absolute atomic E-state index is 2.47. The van der Waals surface area contributed by atoms with Crippen LogP contribution in [0.2, 0.25) is 0 Å². The van der Waals surface area contributed by atoms with E-state index in [0.717, 1.165) is 11.8 Å². The third-order valence-corrected chi connectivity index (χ3v) is 2.46. The van der Waals surface area contributed by atoms with Gasteiger partial charge in [0.25, 0.3) is 0 Å². The van der Waals surface area contributed by atoms with Crippen molar-refractivity contribution < 1.29 is 0 Å². The molecule has 0 amide bonds. The normalized spacial score (nSPS) is 26.8. The molecule has 58 valence electrons. The van der Waals surface area contributed by atoms with Gasteiger partial charge < -0.3 is 0 Å². The Bertz CT molecular complexity index is 131. The smallest absolute Gasteiger partial charge is 0.0208 e. The zero-order chi connectivity index (χ0) is 7.56. The van der Waals surface area contributed by atoms with Crippen molar-refractivity contribution in [2.45, 2.75) is 40.0 Å². The Morgan fingerprint density at radius 1 is 1.50 bits per heavy atom. The molecule has 1 aliphatic carbocycles. The Hall–Kier alpha value is -0.260. The van der Waals surface area contributed by atoms with Crippen LogP contribution in [-0.2, 0) is 0 Å². The lowest BCUT2D eigenvalue weighted by Gasteiger charge is -2.22. The van der Waals surface area contributed by atoms with Gasteiger partial charge in [-0.15, -0.1) is 0 Å². The predicted octanol–water partition coefficient (Wildman–Crippen LogP) is 3.39. The second-order valence-electron chi connectivity index (χ2n) is 3.81. The molecule has 0 bridgehead atoms. The summed E-state index contributed by atoms with van der Waals surface area (Å²) in [6.07, 6.45) is 6.62. The van der Waals surface area contributed by atoms with Crippen molar-refractivity contribution in [3.8, 4) is 0 Å². The van der Waals surface area contributed by atoms with Crippen molar-refractivity contribution in [1.29, 1.82) is 0 Å². The number of hydrogen-bond donors (Lipinski definition) is 0. The van der Waals surface area contributed by atoms with Crippen molar-refractivity contribution >= 4 is 0 Å². The molecule has 1 unspecified atom stereocenters. The summed E-state index contributed by atoms with van der Waals surface area (Å²) in [7, 11) is 0. The summed E-state index contributed by atoms with van der Waals surface area (Å²) in [6, 6.07) is 0. The lowest BCUT2D eigenvalue weighted by atomic mass is 9.84. The molecular weight excluding hydrogens is 120 g/mol. The molecule has 0 nitrogen and oxygen atoms in total. The third kappa shape index (κ3) is 1.86. The first-order valence-electron chi connectivity index (χ1n) is 4.37. The highest BCUT2D eigenvalue weighted by atomic mass is 14.2. The summed E-state index contributed by atoms with van der Waals surface area (Å²) in [5.74, 6) is 1.71. The van der Waals surface area contributed by atoms with Crippen LogP contribution in [0.15, 0.2) is 11.6 Å². The summed E-state index contributed by atoms with van der Waals surface area (Å²) < 4.78 is 0. The summed E-state index contributed by atoms with van der Waals surface area (Å²) in [5, 5.41) is 0. The molecule has 0 heterocycles. The molecule has 0 aromatic heterocycles. The van der Waals surface area contributed by atoms with E-state index in [1.54, 1.807) is 5.57 Å². The Morgan fingerprint density at radius 2 is 2.20 bits per heavy atom. The molecule has 0 saturated carbocycles. The van der Waals surface area contributed by atoms with Gasteiger partial charge in [-0.25, -0.2) is 0 Å². The van der Waals surface area contributed by atoms with Gasteiger partial charge in [-0.05, 0) is 38.0 Å². The molecule has 1 atom stereocenters. The minimum Gasteiger partial charge on any atom is -0.0822 e. The molecule has 0 heteroatoms. The fourth-order valence-corrected chi connectivity index (χ4v) is 1.67. The third-order valence-electron chi connectivity index (χ3n) is 2.46. The lowest BCUT2D eigenvalue weighted by Crippen LogP contribution is -2.09. The number of hydrogen-bond acceptors (Lipinski definition) is 0. The van der Waals surface area contributed by atoms with Crippen molar-refractivity contribution in [1.82, 2.24) is 0 Å². The van der Waals surface area contributed by atoms with Crippen molar-refractivity contribution in [2.75, 3.05) is 0 Å². The standard InChI is InChI=1S/C10H18/c1-8(2)10-6-4-5-9(3)7-10/h7-8,10H,4-6H2,1-3H3. The quantitative estimate of drug-likeness (QED) is 0.487. The fraction of sp³-hybridized carbons (Fsp3) is 0.800. The van der Waals surface area contributed by atoms with Crippen LogP contribution in [0.5, 0.6) is 0 Å². The molecule has 1 rings (SSSR count). The highest BCUT2D eigenvalue weighted by molar-refractivity contribution is 5.05. The van der Waals surface area contributed by atoms with E-state index >= 15 is 0 Å². The Labute approximate surface area is 64.3 Å². The topological polar surface area (TPSA) is 0 Å². The Morgan fingerprint density at radius 3 is 2.60 bits per heavy atom. The van der Waals surface area contributed by atoms with E-state index in [1.807, 2.05) is 0 Å². The van der Waals surface area contributed by atoms with Gasteiger partial charge in [0, 0.05) is 0 Å². The fourth-order valence-electron chi connectivity index (χ4n) is 1.67.